The first-order chi connectivity index (χ1) is 25.8. The quantitative estimate of drug-likeness (QED) is 0.183. The van der Waals surface area contributed by atoms with Gasteiger partial charge in [0.25, 0.3) is 0 Å². The van der Waals surface area contributed by atoms with Crippen molar-refractivity contribution in [3.63, 3.8) is 0 Å². The fraction of sp³-hybridized carbons (Fsp3) is 0.0204. The predicted octanol–water partition coefficient (Wildman–Crippen LogP) is 13.7. The van der Waals surface area contributed by atoms with Crippen LogP contribution in [0.4, 0.5) is 17.1 Å². The molecule has 11 rings (SSSR count). The molecular weight excluding hydrogens is 651 g/mol. The Labute approximate surface area is 306 Å². The van der Waals surface area contributed by atoms with E-state index in [9.17, 15) is 0 Å². The third-order valence-electron chi connectivity index (χ3n) is 10.9. The standard InChI is InChI=1S/C49H31NOS/c1-2-12-34(13-3-1)50(35-25-22-32(23-26-35)33-24-28-40-39-16-6-11-21-47(39)52-48(40)30-33)36-27-29-44-46(31-36)51-45-20-10-9-19-43(45)49(44)41-17-7-4-14-37(41)38-15-5-8-18-42(38)49/h1-31H. The van der Waals surface area contributed by atoms with Crippen LogP contribution in [0.25, 0.3) is 42.4 Å². The maximum absolute atomic E-state index is 6.86. The van der Waals surface area contributed by atoms with Crippen molar-refractivity contribution in [2.75, 3.05) is 4.90 Å². The molecule has 0 N–H and O–H groups in total. The molecule has 8 aromatic carbocycles. The van der Waals surface area contributed by atoms with E-state index in [0.29, 0.717) is 0 Å². The normalized spacial score (nSPS) is 13.3. The molecule has 0 saturated carbocycles. The zero-order chi connectivity index (χ0) is 34.2. The Hall–Kier alpha value is -6.42. The van der Waals surface area contributed by atoms with Crippen LogP contribution in [0, 0.1) is 0 Å². The highest BCUT2D eigenvalue weighted by atomic mass is 32.1. The van der Waals surface area contributed by atoms with Crippen molar-refractivity contribution in [2.24, 2.45) is 0 Å². The molecule has 52 heavy (non-hydrogen) atoms. The predicted molar refractivity (Wildman–Crippen MR) is 217 cm³/mol. The molecule has 1 aliphatic heterocycles. The first-order valence-electron chi connectivity index (χ1n) is 17.8. The van der Waals surface area contributed by atoms with Crippen LogP contribution in [0.2, 0.25) is 0 Å². The number of fused-ring (bicyclic) bond motifs is 12. The van der Waals surface area contributed by atoms with Crippen molar-refractivity contribution in [1.82, 2.24) is 0 Å². The molecule has 0 bridgehead atoms. The van der Waals surface area contributed by atoms with Crippen molar-refractivity contribution in [1.29, 1.82) is 0 Å². The monoisotopic (exact) mass is 681 g/mol. The van der Waals surface area contributed by atoms with Crippen LogP contribution in [-0.4, -0.2) is 0 Å². The molecule has 0 saturated heterocycles. The van der Waals surface area contributed by atoms with E-state index in [-0.39, 0.29) is 0 Å². The number of hydrogen-bond acceptors (Lipinski definition) is 3. The summed E-state index contributed by atoms with van der Waals surface area (Å²) < 4.78 is 9.51. The fourth-order valence-corrected chi connectivity index (χ4v) is 9.87. The van der Waals surface area contributed by atoms with Gasteiger partial charge in [-0.1, -0.05) is 133 Å². The highest BCUT2D eigenvalue weighted by Gasteiger charge is 2.51. The Morgan fingerprint density at radius 3 is 1.75 bits per heavy atom. The minimum atomic E-state index is -0.482. The molecule has 0 radical (unpaired) electrons. The van der Waals surface area contributed by atoms with Gasteiger partial charge in [0.05, 0.1) is 5.41 Å². The van der Waals surface area contributed by atoms with Gasteiger partial charge in [-0.2, -0.15) is 0 Å². The summed E-state index contributed by atoms with van der Waals surface area (Å²) in [4.78, 5) is 2.33. The van der Waals surface area contributed by atoms with Gasteiger partial charge in [-0.15, -0.1) is 11.3 Å². The Kier molecular flexibility index (Phi) is 6.37. The summed E-state index contributed by atoms with van der Waals surface area (Å²) in [6, 6.07) is 68.2. The molecule has 1 aliphatic carbocycles. The largest absolute Gasteiger partial charge is 0.457 e. The Morgan fingerprint density at radius 2 is 0.962 bits per heavy atom. The zero-order valence-corrected chi connectivity index (χ0v) is 29.0. The third-order valence-corrected chi connectivity index (χ3v) is 12.1. The molecule has 0 atom stereocenters. The minimum Gasteiger partial charge on any atom is -0.457 e. The number of thiophene rings is 1. The number of benzene rings is 8. The van der Waals surface area contributed by atoms with E-state index in [0.717, 1.165) is 34.1 Å². The van der Waals surface area contributed by atoms with E-state index < -0.39 is 5.41 Å². The summed E-state index contributed by atoms with van der Waals surface area (Å²) in [6.45, 7) is 0. The number of ether oxygens (including phenoxy) is 1. The number of rotatable bonds is 4. The second-order valence-electron chi connectivity index (χ2n) is 13.6. The fourth-order valence-electron chi connectivity index (χ4n) is 8.72. The van der Waals surface area contributed by atoms with E-state index in [1.54, 1.807) is 0 Å². The van der Waals surface area contributed by atoms with Gasteiger partial charge >= 0.3 is 0 Å². The number of hydrogen-bond donors (Lipinski definition) is 0. The summed E-state index contributed by atoms with van der Waals surface area (Å²) in [5.74, 6) is 1.77. The molecule has 0 amide bonds. The summed E-state index contributed by atoms with van der Waals surface area (Å²) >= 11 is 1.86. The molecule has 2 nitrogen and oxygen atoms in total. The second kappa shape index (κ2) is 11.3. The molecular formula is C49H31NOS. The van der Waals surface area contributed by atoms with E-state index in [4.69, 9.17) is 4.74 Å². The van der Waals surface area contributed by atoms with E-state index >= 15 is 0 Å². The van der Waals surface area contributed by atoms with E-state index in [1.165, 1.54) is 59.1 Å². The molecule has 3 heteroatoms. The second-order valence-corrected chi connectivity index (χ2v) is 14.7. The van der Waals surface area contributed by atoms with Gasteiger partial charge in [-0.3, -0.25) is 0 Å². The van der Waals surface area contributed by atoms with Crippen LogP contribution < -0.4 is 9.64 Å². The van der Waals surface area contributed by atoms with Gasteiger partial charge in [0, 0.05) is 54.4 Å². The molecule has 0 fully saturated rings. The zero-order valence-electron chi connectivity index (χ0n) is 28.2. The summed E-state index contributed by atoms with van der Waals surface area (Å²) in [6.07, 6.45) is 0. The number of nitrogens with zero attached hydrogens (tertiary/aromatic N) is 1. The topological polar surface area (TPSA) is 12.5 Å². The van der Waals surface area contributed by atoms with Crippen LogP contribution >= 0.6 is 11.3 Å². The van der Waals surface area contributed by atoms with Crippen molar-refractivity contribution >= 4 is 48.6 Å². The summed E-state index contributed by atoms with van der Waals surface area (Å²) in [7, 11) is 0. The Morgan fingerprint density at radius 1 is 0.385 bits per heavy atom. The van der Waals surface area contributed by atoms with Crippen LogP contribution in [0.5, 0.6) is 11.5 Å². The van der Waals surface area contributed by atoms with Gasteiger partial charge in [-0.25, -0.2) is 0 Å². The molecule has 2 aliphatic rings. The van der Waals surface area contributed by atoms with Gasteiger partial charge < -0.3 is 9.64 Å². The third kappa shape index (κ3) is 4.17. The van der Waals surface area contributed by atoms with E-state index in [1.807, 2.05) is 11.3 Å². The van der Waals surface area contributed by atoms with Crippen LogP contribution in [0.3, 0.4) is 0 Å². The molecule has 2 heterocycles. The Bertz CT molecular complexity index is 2790. The molecule has 244 valence electrons. The molecule has 1 aromatic heterocycles. The van der Waals surface area contributed by atoms with Gasteiger partial charge in [0.15, 0.2) is 0 Å². The van der Waals surface area contributed by atoms with Gasteiger partial charge in [0.2, 0.25) is 0 Å². The van der Waals surface area contributed by atoms with Gasteiger partial charge in [-0.05, 0) is 81.9 Å². The average molecular weight is 682 g/mol. The van der Waals surface area contributed by atoms with E-state index in [2.05, 4.69) is 193 Å². The average Bonchev–Trinajstić information content (AvgIpc) is 3.72. The highest BCUT2D eigenvalue weighted by Crippen LogP contribution is 2.62. The smallest absolute Gasteiger partial charge is 0.134 e. The maximum Gasteiger partial charge on any atom is 0.134 e. The van der Waals surface area contributed by atoms with Crippen molar-refractivity contribution in [3.8, 4) is 33.8 Å². The van der Waals surface area contributed by atoms with Crippen molar-refractivity contribution < 1.29 is 4.74 Å². The van der Waals surface area contributed by atoms with Gasteiger partial charge in [0.1, 0.15) is 11.5 Å². The van der Waals surface area contributed by atoms with Crippen LogP contribution in [0.1, 0.15) is 22.3 Å². The summed E-state index contributed by atoms with van der Waals surface area (Å²) in [5.41, 5.74) is 12.6. The SMILES string of the molecule is c1ccc(N(c2ccc(-c3ccc4c(c3)sc3ccccc34)cc2)c2ccc3c(c2)Oc2ccccc2C32c3ccccc3-c3ccccc32)cc1. The number of anilines is 3. The van der Waals surface area contributed by atoms with Crippen molar-refractivity contribution in [3.05, 3.63) is 210 Å². The number of para-hydroxylation sites is 2. The van der Waals surface area contributed by atoms with Crippen LogP contribution in [0.15, 0.2) is 188 Å². The Balaban J connectivity index is 1.05. The lowest BCUT2D eigenvalue weighted by atomic mass is 9.66. The lowest BCUT2D eigenvalue weighted by molar-refractivity contribution is 0.436. The molecule has 0 unspecified atom stereocenters. The van der Waals surface area contributed by atoms with Crippen molar-refractivity contribution in [2.45, 2.75) is 5.41 Å². The highest BCUT2D eigenvalue weighted by molar-refractivity contribution is 7.25. The minimum absolute atomic E-state index is 0.482. The lowest BCUT2D eigenvalue weighted by Gasteiger charge is -2.40. The first-order valence-corrected chi connectivity index (χ1v) is 18.6. The molecule has 9 aromatic rings. The maximum atomic E-state index is 6.86. The lowest BCUT2D eigenvalue weighted by Crippen LogP contribution is -2.32. The molecule has 1 spiro atoms. The first kappa shape index (κ1) is 29.3. The van der Waals surface area contributed by atoms with Crippen LogP contribution in [-0.2, 0) is 5.41 Å². The summed E-state index contributed by atoms with van der Waals surface area (Å²) in [5, 5.41) is 2.65.